The van der Waals surface area contributed by atoms with Crippen molar-refractivity contribution >= 4 is 5.91 Å². The van der Waals surface area contributed by atoms with Gasteiger partial charge in [-0.1, -0.05) is 13.3 Å². The second-order valence-corrected chi connectivity index (χ2v) is 3.97. The molecule has 1 heterocycles. The molecule has 0 unspecified atom stereocenters. The largest absolute Gasteiger partial charge is 0.382 e. The molecule has 1 saturated heterocycles. The normalized spacial score (nSPS) is 26.0. The molecule has 82 valence electrons. The molecule has 0 spiro atoms. The molecular formula is C10H20N2O2. The van der Waals surface area contributed by atoms with Gasteiger partial charge in [-0.25, -0.2) is 0 Å². The summed E-state index contributed by atoms with van der Waals surface area (Å²) in [6.07, 6.45) is 3.64. The Morgan fingerprint density at radius 3 is 2.93 bits per heavy atom. The van der Waals surface area contributed by atoms with Crippen LogP contribution in [-0.2, 0) is 4.79 Å². The predicted octanol–water partition coefficient (Wildman–Crippen LogP) is 0.0971. The average Bonchev–Trinajstić information content (AvgIpc) is 2.18. The topological polar surface area (TPSA) is 66.6 Å². The van der Waals surface area contributed by atoms with Crippen LogP contribution in [0.4, 0.5) is 0 Å². The zero-order chi connectivity index (χ0) is 10.6. The van der Waals surface area contributed by atoms with Gasteiger partial charge in [-0.2, -0.15) is 0 Å². The van der Waals surface area contributed by atoms with Gasteiger partial charge in [0.2, 0.25) is 5.91 Å². The lowest BCUT2D eigenvalue weighted by molar-refractivity contribution is -0.127. The maximum absolute atomic E-state index is 10.7. The number of aliphatic hydroxyl groups is 1. The number of hydrogen-bond donors (Lipinski definition) is 2. The monoisotopic (exact) mass is 200 g/mol. The highest BCUT2D eigenvalue weighted by atomic mass is 16.3. The second kappa shape index (κ2) is 5.32. The van der Waals surface area contributed by atoms with E-state index in [-0.39, 0.29) is 0 Å². The number of carbonyl (C=O) groups is 1. The van der Waals surface area contributed by atoms with E-state index < -0.39 is 12.0 Å². The Balaban J connectivity index is 2.44. The van der Waals surface area contributed by atoms with Crippen molar-refractivity contribution in [3.8, 4) is 0 Å². The Bertz CT molecular complexity index is 197. The summed E-state index contributed by atoms with van der Waals surface area (Å²) >= 11 is 0. The van der Waals surface area contributed by atoms with Crippen molar-refractivity contribution in [3.05, 3.63) is 0 Å². The van der Waals surface area contributed by atoms with Crippen molar-refractivity contribution in [2.75, 3.05) is 13.1 Å². The fraction of sp³-hybridized carbons (Fsp3) is 0.900. The Labute approximate surface area is 85.1 Å². The number of piperidine rings is 1. The summed E-state index contributed by atoms with van der Waals surface area (Å²) < 4.78 is 0. The molecule has 1 aliphatic rings. The molecule has 0 aromatic rings. The lowest BCUT2D eigenvalue weighted by atomic mass is 9.99. The van der Waals surface area contributed by atoms with E-state index in [1.165, 1.54) is 12.8 Å². The van der Waals surface area contributed by atoms with E-state index in [0.29, 0.717) is 12.6 Å². The van der Waals surface area contributed by atoms with Crippen LogP contribution in [0.2, 0.25) is 0 Å². The standard InChI is InChI=1S/C10H20N2O2/c1-2-8-5-3-4-6-12(8)7-9(13)10(11)14/h8-9,13H,2-7H2,1H3,(H2,11,14)/t8-,9-/m1/s1. The molecule has 3 N–H and O–H groups in total. The van der Waals surface area contributed by atoms with Crippen LogP contribution < -0.4 is 5.73 Å². The third-order valence-corrected chi connectivity index (χ3v) is 2.96. The molecule has 0 radical (unpaired) electrons. The first-order chi connectivity index (χ1) is 6.65. The number of hydrogen-bond acceptors (Lipinski definition) is 3. The number of aliphatic hydroxyl groups excluding tert-OH is 1. The Morgan fingerprint density at radius 1 is 1.64 bits per heavy atom. The number of carbonyl (C=O) groups excluding carboxylic acids is 1. The van der Waals surface area contributed by atoms with Gasteiger partial charge in [0.25, 0.3) is 0 Å². The van der Waals surface area contributed by atoms with Gasteiger partial charge in [0.1, 0.15) is 6.10 Å². The molecule has 2 atom stereocenters. The molecular weight excluding hydrogens is 180 g/mol. The molecule has 14 heavy (non-hydrogen) atoms. The van der Waals surface area contributed by atoms with Gasteiger partial charge in [-0.05, 0) is 25.8 Å². The second-order valence-electron chi connectivity index (χ2n) is 3.97. The fourth-order valence-corrected chi connectivity index (χ4v) is 2.07. The summed E-state index contributed by atoms with van der Waals surface area (Å²) in [5, 5.41) is 9.38. The third kappa shape index (κ3) is 2.96. The lowest BCUT2D eigenvalue weighted by Gasteiger charge is -2.35. The van der Waals surface area contributed by atoms with Crippen LogP contribution in [0.3, 0.4) is 0 Å². The van der Waals surface area contributed by atoms with E-state index in [1.54, 1.807) is 0 Å². The lowest BCUT2D eigenvalue weighted by Crippen LogP contribution is -2.46. The van der Waals surface area contributed by atoms with Gasteiger partial charge >= 0.3 is 0 Å². The van der Waals surface area contributed by atoms with Gasteiger partial charge in [-0.3, -0.25) is 9.69 Å². The number of primary amides is 1. The minimum atomic E-state index is -1.01. The van der Waals surface area contributed by atoms with Gasteiger partial charge in [0.15, 0.2) is 0 Å². The quantitative estimate of drug-likeness (QED) is 0.676. The summed E-state index contributed by atoms with van der Waals surface area (Å²) in [5.41, 5.74) is 5.02. The molecule has 0 bridgehead atoms. The van der Waals surface area contributed by atoms with Crippen molar-refractivity contribution in [1.82, 2.24) is 4.90 Å². The van der Waals surface area contributed by atoms with Crippen LogP contribution in [-0.4, -0.2) is 41.1 Å². The van der Waals surface area contributed by atoms with E-state index in [0.717, 1.165) is 19.4 Å². The molecule has 0 aromatic heterocycles. The van der Waals surface area contributed by atoms with Gasteiger partial charge < -0.3 is 10.8 Å². The van der Waals surface area contributed by atoms with Crippen LogP contribution in [0, 0.1) is 0 Å². The molecule has 1 aliphatic heterocycles. The minimum Gasteiger partial charge on any atom is -0.382 e. The highest BCUT2D eigenvalue weighted by Gasteiger charge is 2.24. The van der Waals surface area contributed by atoms with Gasteiger partial charge in [-0.15, -0.1) is 0 Å². The van der Waals surface area contributed by atoms with Crippen molar-refractivity contribution in [3.63, 3.8) is 0 Å². The molecule has 1 fully saturated rings. The number of nitrogens with zero attached hydrogens (tertiary/aromatic N) is 1. The maximum Gasteiger partial charge on any atom is 0.247 e. The molecule has 0 aromatic carbocycles. The first kappa shape index (κ1) is 11.5. The van der Waals surface area contributed by atoms with Crippen molar-refractivity contribution < 1.29 is 9.90 Å². The number of amides is 1. The molecule has 1 amide bonds. The number of β-amino-alcohol motifs (C(OH)–C–C–N with tert-alkyl or cyclic N) is 1. The highest BCUT2D eigenvalue weighted by molar-refractivity contribution is 5.78. The smallest absolute Gasteiger partial charge is 0.247 e. The number of nitrogens with two attached hydrogens (primary N) is 1. The number of rotatable bonds is 4. The van der Waals surface area contributed by atoms with Gasteiger partial charge in [0, 0.05) is 12.6 Å². The van der Waals surface area contributed by atoms with Crippen molar-refractivity contribution in [1.29, 1.82) is 0 Å². The summed E-state index contributed by atoms with van der Waals surface area (Å²) in [5.74, 6) is -0.620. The highest BCUT2D eigenvalue weighted by Crippen LogP contribution is 2.19. The van der Waals surface area contributed by atoms with Crippen molar-refractivity contribution in [2.24, 2.45) is 5.73 Å². The Morgan fingerprint density at radius 2 is 2.36 bits per heavy atom. The zero-order valence-electron chi connectivity index (χ0n) is 8.78. The van der Waals surface area contributed by atoms with Gasteiger partial charge in [0.05, 0.1) is 0 Å². The first-order valence-corrected chi connectivity index (χ1v) is 5.36. The molecule has 0 saturated carbocycles. The third-order valence-electron chi connectivity index (χ3n) is 2.96. The summed E-state index contributed by atoms with van der Waals surface area (Å²) in [7, 11) is 0. The van der Waals surface area contributed by atoms with E-state index in [1.807, 2.05) is 0 Å². The van der Waals surface area contributed by atoms with Crippen LogP contribution in [0.5, 0.6) is 0 Å². The van der Waals surface area contributed by atoms with Crippen LogP contribution in [0.15, 0.2) is 0 Å². The SMILES string of the molecule is CC[C@@H]1CCCCN1C[C@@H](O)C(N)=O. The van der Waals surface area contributed by atoms with Crippen LogP contribution in [0.1, 0.15) is 32.6 Å². The number of likely N-dealkylation sites (tertiary alicyclic amines) is 1. The first-order valence-electron chi connectivity index (χ1n) is 5.36. The van der Waals surface area contributed by atoms with E-state index in [4.69, 9.17) is 5.73 Å². The molecule has 0 aliphatic carbocycles. The van der Waals surface area contributed by atoms with Crippen LogP contribution >= 0.6 is 0 Å². The molecule has 4 nitrogen and oxygen atoms in total. The Hall–Kier alpha value is -0.610. The van der Waals surface area contributed by atoms with Crippen molar-refractivity contribution in [2.45, 2.75) is 44.8 Å². The molecule has 4 heteroatoms. The van der Waals surface area contributed by atoms with E-state index >= 15 is 0 Å². The van der Waals surface area contributed by atoms with E-state index in [2.05, 4.69) is 11.8 Å². The maximum atomic E-state index is 10.7. The zero-order valence-corrected chi connectivity index (χ0v) is 8.78. The minimum absolute atomic E-state index is 0.397. The predicted molar refractivity (Wildman–Crippen MR) is 54.7 cm³/mol. The van der Waals surface area contributed by atoms with Crippen LogP contribution in [0.25, 0.3) is 0 Å². The fourth-order valence-electron chi connectivity index (χ4n) is 2.07. The Kier molecular flexibility index (Phi) is 4.35. The molecule has 1 rings (SSSR count). The average molecular weight is 200 g/mol. The summed E-state index contributed by atoms with van der Waals surface area (Å²) in [6, 6.07) is 0.512. The summed E-state index contributed by atoms with van der Waals surface area (Å²) in [4.78, 5) is 12.9. The van der Waals surface area contributed by atoms with E-state index in [9.17, 15) is 9.90 Å². The summed E-state index contributed by atoms with van der Waals surface area (Å²) in [6.45, 7) is 3.51.